The maximum atomic E-state index is 12.0. The van der Waals surface area contributed by atoms with Gasteiger partial charge in [-0.1, -0.05) is 18.2 Å². The van der Waals surface area contributed by atoms with E-state index in [1.807, 2.05) is 52.8 Å². The van der Waals surface area contributed by atoms with E-state index in [2.05, 4.69) is 5.32 Å². The van der Waals surface area contributed by atoms with Gasteiger partial charge in [0, 0.05) is 11.1 Å². The molecule has 1 amide bonds. The second-order valence-corrected chi connectivity index (χ2v) is 4.97. The van der Waals surface area contributed by atoms with Crippen molar-refractivity contribution in [3.8, 4) is 0 Å². The molecule has 0 unspecified atom stereocenters. The Bertz CT molecular complexity index is 354. The summed E-state index contributed by atoms with van der Waals surface area (Å²) in [5, 5.41) is 2.98. The molecule has 0 bridgehead atoms. The molecule has 0 aromatic heterocycles. The molecular weight excluding hydrogens is 186 g/mol. The van der Waals surface area contributed by atoms with Crippen molar-refractivity contribution in [2.24, 2.45) is 0 Å². The van der Waals surface area contributed by atoms with Crippen LogP contribution in [0.4, 0.5) is 0 Å². The average Bonchev–Trinajstić information content (AvgIpc) is 1.99. The third-order valence-corrected chi connectivity index (χ3v) is 2.20. The van der Waals surface area contributed by atoms with Crippen LogP contribution in [0.25, 0.3) is 0 Å². The molecule has 1 N–H and O–H groups in total. The normalized spacial score (nSPS) is 11.3. The highest BCUT2D eigenvalue weighted by atomic mass is 16.1. The number of benzene rings is 1. The molecule has 2 nitrogen and oxygen atoms in total. The number of amides is 1. The molecule has 0 aliphatic heterocycles. The number of aryl methyl sites for hydroxylation is 2. The van der Waals surface area contributed by atoms with Crippen LogP contribution in [0.3, 0.4) is 0 Å². The summed E-state index contributed by atoms with van der Waals surface area (Å²) in [4.78, 5) is 12.0. The van der Waals surface area contributed by atoms with Crippen molar-refractivity contribution in [1.82, 2.24) is 5.32 Å². The summed E-state index contributed by atoms with van der Waals surface area (Å²) in [5.74, 6) is 0.0121. The summed E-state index contributed by atoms with van der Waals surface area (Å²) in [6.07, 6.45) is 0. The van der Waals surface area contributed by atoms with Gasteiger partial charge in [-0.3, -0.25) is 4.79 Å². The van der Waals surface area contributed by atoms with Crippen molar-refractivity contribution in [3.63, 3.8) is 0 Å². The molecule has 1 aromatic rings. The number of carbonyl (C=O) groups is 1. The summed E-state index contributed by atoms with van der Waals surface area (Å²) >= 11 is 0. The fourth-order valence-corrected chi connectivity index (χ4v) is 1.58. The first kappa shape index (κ1) is 11.8. The molecule has 0 aliphatic carbocycles. The maximum absolute atomic E-state index is 12.0. The Morgan fingerprint density at radius 1 is 1.13 bits per heavy atom. The SMILES string of the molecule is Cc1cccc(C)c1C(=O)NC(C)(C)C. The average molecular weight is 205 g/mol. The Morgan fingerprint density at radius 3 is 2.00 bits per heavy atom. The Morgan fingerprint density at radius 2 is 1.60 bits per heavy atom. The van der Waals surface area contributed by atoms with Crippen molar-refractivity contribution < 1.29 is 4.79 Å². The van der Waals surface area contributed by atoms with Gasteiger partial charge in [0.2, 0.25) is 0 Å². The summed E-state index contributed by atoms with van der Waals surface area (Å²) in [6, 6.07) is 5.90. The van der Waals surface area contributed by atoms with E-state index in [0.717, 1.165) is 16.7 Å². The molecule has 1 rings (SSSR count). The van der Waals surface area contributed by atoms with Gasteiger partial charge in [0.15, 0.2) is 0 Å². The van der Waals surface area contributed by atoms with Gasteiger partial charge >= 0.3 is 0 Å². The van der Waals surface area contributed by atoms with Gasteiger partial charge in [-0.05, 0) is 45.7 Å². The largest absolute Gasteiger partial charge is 0.347 e. The summed E-state index contributed by atoms with van der Waals surface area (Å²) in [7, 11) is 0. The lowest BCUT2D eigenvalue weighted by atomic mass is 10.0. The molecule has 0 radical (unpaired) electrons. The second kappa shape index (κ2) is 4.05. The quantitative estimate of drug-likeness (QED) is 0.750. The number of hydrogen-bond donors (Lipinski definition) is 1. The van der Waals surface area contributed by atoms with Crippen LogP contribution in [0.2, 0.25) is 0 Å². The molecule has 0 saturated carbocycles. The molecule has 1 aromatic carbocycles. The number of rotatable bonds is 1. The van der Waals surface area contributed by atoms with Gasteiger partial charge in [0.05, 0.1) is 0 Å². The highest BCUT2D eigenvalue weighted by molar-refractivity contribution is 5.97. The van der Waals surface area contributed by atoms with Crippen molar-refractivity contribution in [2.45, 2.75) is 40.2 Å². The first-order valence-corrected chi connectivity index (χ1v) is 5.20. The number of hydrogen-bond acceptors (Lipinski definition) is 1. The van der Waals surface area contributed by atoms with E-state index in [1.54, 1.807) is 0 Å². The van der Waals surface area contributed by atoms with Gasteiger partial charge in [0.1, 0.15) is 0 Å². The van der Waals surface area contributed by atoms with Crippen molar-refractivity contribution in [2.75, 3.05) is 0 Å². The van der Waals surface area contributed by atoms with E-state index >= 15 is 0 Å². The molecule has 0 heterocycles. The fraction of sp³-hybridized carbons (Fsp3) is 0.462. The Kier molecular flexibility index (Phi) is 3.18. The van der Waals surface area contributed by atoms with Crippen LogP contribution in [0.1, 0.15) is 42.3 Å². The fourth-order valence-electron chi connectivity index (χ4n) is 1.58. The lowest BCUT2D eigenvalue weighted by Gasteiger charge is -2.21. The number of carbonyl (C=O) groups excluding carboxylic acids is 1. The summed E-state index contributed by atoms with van der Waals surface area (Å²) in [6.45, 7) is 9.88. The molecule has 82 valence electrons. The van der Waals surface area contributed by atoms with Crippen LogP contribution in [0, 0.1) is 13.8 Å². The van der Waals surface area contributed by atoms with E-state index in [-0.39, 0.29) is 11.4 Å². The van der Waals surface area contributed by atoms with Gasteiger partial charge in [-0.25, -0.2) is 0 Å². The topological polar surface area (TPSA) is 29.1 Å². The lowest BCUT2D eigenvalue weighted by Crippen LogP contribution is -2.41. The van der Waals surface area contributed by atoms with Crippen molar-refractivity contribution in [3.05, 3.63) is 34.9 Å². The van der Waals surface area contributed by atoms with E-state index in [9.17, 15) is 4.79 Å². The van der Waals surface area contributed by atoms with Crippen LogP contribution in [-0.4, -0.2) is 11.4 Å². The summed E-state index contributed by atoms with van der Waals surface area (Å²) in [5.41, 5.74) is 2.66. The second-order valence-electron chi connectivity index (χ2n) is 4.97. The van der Waals surface area contributed by atoms with Crippen LogP contribution in [0.5, 0.6) is 0 Å². The highest BCUT2D eigenvalue weighted by Crippen LogP contribution is 2.14. The minimum absolute atomic E-state index is 0.0121. The van der Waals surface area contributed by atoms with Crippen LogP contribution in [0.15, 0.2) is 18.2 Å². The van der Waals surface area contributed by atoms with E-state index in [4.69, 9.17) is 0 Å². The van der Waals surface area contributed by atoms with E-state index in [1.165, 1.54) is 0 Å². The maximum Gasteiger partial charge on any atom is 0.252 e. The zero-order valence-electron chi connectivity index (χ0n) is 10.1. The first-order valence-electron chi connectivity index (χ1n) is 5.20. The molecule has 0 atom stereocenters. The zero-order chi connectivity index (χ0) is 11.6. The lowest BCUT2D eigenvalue weighted by molar-refractivity contribution is 0.0918. The van der Waals surface area contributed by atoms with Crippen LogP contribution in [-0.2, 0) is 0 Å². The Balaban J connectivity index is 3.02. The minimum Gasteiger partial charge on any atom is -0.347 e. The van der Waals surface area contributed by atoms with Crippen molar-refractivity contribution in [1.29, 1.82) is 0 Å². The summed E-state index contributed by atoms with van der Waals surface area (Å²) < 4.78 is 0. The van der Waals surface area contributed by atoms with Crippen LogP contribution >= 0.6 is 0 Å². The predicted octanol–water partition coefficient (Wildman–Crippen LogP) is 2.83. The molecule has 0 saturated heterocycles. The highest BCUT2D eigenvalue weighted by Gasteiger charge is 2.17. The van der Waals surface area contributed by atoms with Crippen LogP contribution < -0.4 is 5.32 Å². The number of nitrogens with one attached hydrogen (secondary N) is 1. The van der Waals surface area contributed by atoms with E-state index in [0.29, 0.717) is 0 Å². The molecular formula is C13H19NO. The van der Waals surface area contributed by atoms with Gasteiger partial charge in [-0.2, -0.15) is 0 Å². The standard InChI is InChI=1S/C13H19NO/c1-9-7-6-8-10(2)11(9)12(15)14-13(3,4)5/h6-8H,1-5H3,(H,14,15). The predicted molar refractivity (Wildman–Crippen MR) is 63.1 cm³/mol. The van der Waals surface area contributed by atoms with Crippen molar-refractivity contribution >= 4 is 5.91 Å². The minimum atomic E-state index is -0.189. The molecule has 0 spiro atoms. The molecule has 15 heavy (non-hydrogen) atoms. The third kappa shape index (κ3) is 3.08. The Hall–Kier alpha value is -1.31. The van der Waals surface area contributed by atoms with Gasteiger partial charge in [0.25, 0.3) is 5.91 Å². The van der Waals surface area contributed by atoms with Gasteiger partial charge < -0.3 is 5.32 Å². The third-order valence-electron chi connectivity index (χ3n) is 2.20. The van der Waals surface area contributed by atoms with E-state index < -0.39 is 0 Å². The molecule has 2 heteroatoms. The first-order chi connectivity index (χ1) is 6.81. The zero-order valence-corrected chi connectivity index (χ0v) is 10.1. The Labute approximate surface area is 91.7 Å². The smallest absolute Gasteiger partial charge is 0.252 e. The molecule has 0 aliphatic rings. The molecule has 0 fully saturated rings. The van der Waals surface area contributed by atoms with Gasteiger partial charge in [-0.15, -0.1) is 0 Å². The monoisotopic (exact) mass is 205 g/mol.